The van der Waals surface area contributed by atoms with Crippen LogP contribution in [-0.2, 0) is 0 Å². The van der Waals surface area contributed by atoms with Crippen molar-refractivity contribution in [2.45, 2.75) is 24.0 Å². The van der Waals surface area contributed by atoms with Gasteiger partial charge < -0.3 is 9.73 Å². The molecule has 1 N–H and O–H groups in total. The summed E-state index contributed by atoms with van der Waals surface area (Å²) < 4.78 is 5.56. The van der Waals surface area contributed by atoms with E-state index in [0.717, 1.165) is 18.8 Å². The zero-order chi connectivity index (χ0) is 16.9. The van der Waals surface area contributed by atoms with Crippen molar-refractivity contribution in [2.75, 3.05) is 25.9 Å². The molecular formula is C16H19ClN4O2S. The average Bonchev–Trinajstić information content (AvgIpc) is 3.29. The normalized spacial score (nSPS) is 16.2. The Balaban J connectivity index is 1.71. The van der Waals surface area contributed by atoms with E-state index >= 15 is 0 Å². The van der Waals surface area contributed by atoms with Gasteiger partial charge in [0.25, 0.3) is 5.91 Å². The molecule has 3 heterocycles. The van der Waals surface area contributed by atoms with Crippen LogP contribution in [0.3, 0.4) is 0 Å². The van der Waals surface area contributed by atoms with Crippen LogP contribution in [0.25, 0.3) is 0 Å². The number of rotatable bonds is 6. The molecule has 2 aromatic heterocycles. The number of aromatic nitrogens is 2. The van der Waals surface area contributed by atoms with Gasteiger partial charge >= 0.3 is 0 Å². The highest BCUT2D eigenvalue weighted by molar-refractivity contribution is 7.98. The van der Waals surface area contributed by atoms with Crippen LogP contribution in [0.4, 0.5) is 0 Å². The number of carbonyl (C=O) groups excluding carboxylic acids is 1. The number of nitrogens with one attached hydrogen (secondary N) is 1. The van der Waals surface area contributed by atoms with Crippen molar-refractivity contribution in [2.24, 2.45) is 0 Å². The van der Waals surface area contributed by atoms with Gasteiger partial charge in [0, 0.05) is 6.54 Å². The van der Waals surface area contributed by atoms with Crippen LogP contribution < -0.4 is 5.32 Å². The highest BCUT2D eigenvalue weighted by atomic mass is 35.5. The molecule has 1 amide bonds. The van der Waals surface area contributed by atoms with E-state index in [1.165, 1.54) is 30.8 Å². The van der Waals surface area contributed by atoms with E-state index < -0.39 is 0 Å². The third kappa shape index (κ3) is 3.91. The smallest absolute Gasteiger partial charge is 0.271 e. The van der Waals surface area contributed by atoms with Crippen molar-refractivity contribution in [3.8, 4) is 0 Å². The molecule has 1 aliphatic heterocycles. The first-order valence-electron chi connectivity index (χ1n) is 7.81. The minimum absolute atomic E-state index is 0.0204. The number of hydrogen-bond donors (Lipinski definition) is 1. The molecule has 0 aliphatic carbocycles. The molecule has 0 aromatic carbocycles. The Morgan fingerprint density at radius 1 is 1.50 bits per heavy atom. The molecule has 1 aliphatic rings. The van der Waals surface area contributed by atoms with E-state index in [9.17, 15) is 4.79 Å². The second-order valence-electron chi connectivity index (χ2n) is 5.54. The summed E-state index contributed by atoms with van der Waals surface area (Å²) in [5.74, 6) is 0.559. The minimum Gasteiger partial charge on any atom is -0.468 e. The molecule has 128 valence electrons. The van der Waals surface area contributed by atoms with Crippen molar-refractivity contribution in [1.29, 1.82) is 0 Å². The first kappa shape index (κ1) is 17.3. The van der Waals surface area contributed by atoms with Crippen molar-refractivity contribution < 1.29 is 9.21 Å². The van der Waals surface area contributed by atoms with Crippen LogP contribution in [-0.4, -0.2) is 46.7 Å². The predicted molar refractivity (Wildman–Crippen MR) is 93.4 cm³/mol. The molecule has 1 fully saturated rings. The van der Waals surface area contributed by atoms with Crippen LogP contribution in [0.2, 0.25) is 5.02 Å². The standard InChI is InChI=1S/C16H19ClN4O2S/c1-24-16-19-9-11(17)14(20-16)15(22)18-10-12(13-5-4-8-23-13)21-6-2-3-7-21/h4-5,8-9,12H,2-3,6-7,10H2,1H3,(H,18,22)/t12-/m0/s1. The SMILES string of the molecule is CSc1ncc(Cl)c(C(=O)NC[C@@H](c2ccco2)N2CCCC2)n1. The number of amides is 1. The topological polar surface area (TPSA) is 71.3 Å². The van der Waals surface area contributed by atoms with Gasteiger partial charge in [-0.1, -0.05) is 23.4 Å². The summed E-state index contributed by atoms with van der Waals surface area (Å²) >= 11 is 7.43. The lowest BCUT2D eigenvalue weighted by Gasteiger charge is -2.26. The highest BCUT2D eigenvalue weighted by Gasteiger charge is 2.26. The molecule has 1 atom stereocenters. The summed E-state index contributed by atoms with van der Waals surface area (Å²) in [7, 11) is 0. The van der Waals surface area contributed by atoms with Gasteiger partial charge in [-0.15, -0.1) is 0 Å². The van der Waals surface area contributed by atoms with E-state index in [1.807, 2.05) is 18.4 Å². The van der Waals surface area contributed by atoms with Crippen LogP contribution in [0.1, 0.15) is 35.1 Å². The molecule has 0 bridgehead atoms. The molecule has 2 aromatic rings. The van der Waals surface area contributed by atoms with Crippen LogP contribution in [0.5, 0.6) is 0 Å². The van der Waals surface area contributed by atoms with Gasteiger partial charge in [-0.25, -0.2) is 9.97 Å². The summed E-state index contributed by atoms with van der Waals surface area (Å²) in [4.78, 5) is 23.1. The molecule has 0 unspecified atom stereocenters. The Bertz CT molecular complexity index is 689. The van der Waals surface area contributed by atoms with Gasteiger partial charge in [0.15, 0.2) is 10.9 Å². The van der Waals surface area contributed by atoms with E-state index in [2.05, 4.69) is 20.2 Å². The fourth-order valence-corrected chi connectivity index (χ4v) is 3.34. The molecule has 0 radical (unpaired) electrons. The average molecular weight is 367 g/mol. The number of hydrogen-bond acceptors (Lipinski definition) is 6. The minimum atomic E-state index is -0.298. The van der Waals surface area contributed by atoms with Crippen LogP contribution >= 0.6 is 23.4 Å². The van der Waals surface area contributed by atoms with E-state index in [1.54, 1.807) is 6.26 Å². The summed E-state index contributed by atoms with van der Waals surface area (Å²) in [5.41, 5.74) is 0.204. The van der Waals surface area contributed by atoms with E-state index in [0.29, 0.717) is 11.7 Å². The van der Waals surface area contributed by atoms with Crippen LogP contribution in [0, 0.1) is 0 Å². The number of thioether (sulfide) groups is 1. The monoisotopic (exact) mass is 366 g/mol. The highest BCUT2D eigenvalue weighted by Crippen LogP contribution is 2.25. The number of furan rings is 1. The first-order valence-corrected chi connectivity index (χ1v) is 9.41. The molecule has 0 spiro atoms. The maximum absolute atomic E-state index is 12.5. The Hall–Kier alpha value is -1.57. The Kier molecular flexibility index (Phi) is 5.76. The third-order valence-corrected chi connectivity index (χ3v) is 4.87. The lowest BCUT2D eigenvalue weighted by atomic mass is 10.2. The number of likely N-dealkylation sites (tertiary alicyclic amines) is 1. The van der Waals surface area contributed by atoms with Gasteiger partial charge in [0.2, 0.25) is 0 Å². The number of halogens is 1. The fourth-order valence-electron chi connectivity index (χ4n) is 2.83. The van der Waals surface area contributed by atoms with Gasteiger partial charge in [0.05, 0.1) is 23.5 Å². The maximum atomic E-state index is 12.5. The van der Waals surface area contributed by atoms with Crippen molar-refractivity contribution >= 4 is 29.3 Å². The van der Waals surface area contributed by atoms with Crippen molar-refractivity contribution in [3.63, 3.8) is 0 Å². The zero-order valence-corrected chi connectivity index (χ0v) is 14.9. The molecule has 1 saturated heterocycles. The first-order chi connectivity index (χ1) is 11.7. The maximum Gasteiger partial charge on any atom is 0.271 e. The Morgan fingerprint density at radius 2 is 2.29 bits per heavy atom. The summed E-state index contributed by atoms with van der Waals surface area (Å²) in [6.07, 6.45) is 7.30. The van der Waals surface area contributed by atoms with Gasteiger partial charge in [-0.2, -0.15) is 0 Å². The molecule has 0 saturated carbocycles. The number of nitrogens with zero attached hydrogens (tertiary/aromatic N) is 3. The van der Waals surface area contributed by atoms with E-state index in [4.69, 9.17) is 16.0 Å². The summed E-state index contributed by atoms with van der Waals surface area (Å²) in [6.45, 7) is 2.46. The van der Waals surface area contributed by atoms with Gasteiger partial charge in [-0.05, 0) is 44.3 Å². The molecule has 24 heavy (non-hydrogen) atoms. The fraction of sp³-hybridized carbons (Fsp3) is 0.438. The number of carbonyl (C=O) groups is 1. The lowest BCUT2D eigenvalue weighted by molar-refractivity contribution is 0.0928. The second-order valence-corrected chi connectivity index (χ2v) is 6.72. The van der Waals surface area contributed by atoms with Gasteiger partial charge in [-0.3, -0.25) is 9.69 Å². The third-order valence-electron chi connectivity index (χ3n) is 4.03. The van der Waals surface area contributed by atoms with Crippen molar-refractivity contribution in [1.82, 2.24) is 20.2 Å². The summed E-state index contributed by atoms with van der Waals surface area (Å²) in [5, 5.41) is 3.70. The largest absolute Gasteiger partial charge is 0.468 e. The van der Waals surface area contributed by atoms with Gasteiger partial charge in [0.1, 0.15) is 5.76 Å². The predicted octanol–water partition coefficient (Wildman–Crippen LogP) is 3.01. The Morgan fingerprint density at radius 3 is 2.96 bits per heavy atom. The second kappa shape index (κ2) is 8.00. The molecule has 8 heteroatoms. The Labute approximate surface area is 150 Å². The summed E-state index contributed by atoms with van der Waals surface area (Å²) in [6, 6.07) is 3.83. The molecular weight excluding hydrogens is 348 g/mol. The zero-order valence-electron chi connectivity index (χ0n) is 13.4. The molecule has 3 rings (SSSR count). The molecule has 6 nitrogen and oxygen atoms in total. The van der Waals surface area contributed by atoms with E-state index in [-0.39, 0.29) is 22.7 Å². The van der Waals surface area contributed by atoms with Crippen molar-refractivity contribution in [3.05, 3.63) is 41.1 Å². The quantitative estimate of drug-likeness (QED) is 0.626. The lowest BCUT2D eigenvalue weighted by Crippen LogP contribution is -2.37. The van der Waals surface area contributed by atoms with Crippen LogP contribution in [0.15, 0.2) is 34.2 Å².